The number of anilines is 1. The molecule has 1 aliphatic rings. The third-order valence-corrected chi connectivity index (χ3v) is 4.88. The Morgan fingerprint density at radius 1 is 1.38 bits per heavy atom. The van der Waals surface area contributed by atoms with Gasteiger partial charge in [0.05, 0.1) is 11.6 Å². The molecular formula is C16H18N4S. The number of nitriles is 1. The minimum atomic E-state index is 0.0601. The second-order valence-electron chi connectivity index (χ2n) is 5.48. The molecule has 1 atom stereocenters. The van der Waals surface area contributed by atoms with Crippen molar-refractivity contribution < 1.29 is 0 Å². The predicted molar refractivity (Wildman–Crippen MR) is 84.5 cm³/mol. The second kappa shape index (κ2) is 5.82. The van der Waals surface area contributed by atoms with Crippen LogP contribution in [0, 0.1) is 18.3 Å². The molecular weight excluding hydrogens is 280 g/mol. The number of nitrogens with zero attached hydrogens (tertiary/aromatic N) is 3. The van der Waals surface area contributed by atoms with Crippen LogP contribution >= 0.6 is 11.3 Å². The molecule has 2 aromatic heterocycles. The van der Waals surface area contributed by atoms with Crippen LogP contribution in [-0.2, 0) is 12.8 Å². The maximum Gasteiger partial charge on any atom is 0.144 e. The van der Waals surface area contributed by atoms with Crippen molar-refractivity contribution in [2.24, 2.45) is 0 Å². The Morgan fingerprint density at radius 2 is 2.19 bits per heavy atom. The molecule has 0 radical (unpaired) electrons. The lowest BCUT2D eigenvalue weighted by atomic mass is 9.95. The van der Waals surface area contributed by atoms with Gasteiger partial charge in [-0.2, -0.15) is 5.26 Å². The van der Waals surface area contributed by atoms with Gasteiger partial charge in [-0.3, -0.25) is 0 Å². The fourth-order valence-corrected chi connectivity index (χ4v) is 3.44. The van der Waals surface area contributed by atoms with E-state index in [2.05, 4.69) is 23.3 Å². The van der Waals surface area contributed by atoms with Crippen LogP contribution in [0.2, 0.25) is 0 Å². The van der Waals surface area contributed by atoms with Gasteiger partial charge in [0.2, 0.25) is 0 Å². The van der Waals surface area contributed by atoms with Crippen molar-refractivity contribution in [2.45, 2.75) is 45.6 Å². The molecule has 0 amide bonds. The monoisotopic (exact) mass is 298 g/mol. The predicted octanol–water partition coefficient (Wildman–Crippen LogP) is 3.77. The van der Waals surface area contributed by atoms with E-state index in [1.165, 1.54) is 23.3 Å². The number of aryl methyl sites for hydroxylation is 3. The highest BCUT2D eigenvalue weighted by atomic mass is 32.1. The lowest BCUT2D eigenvalue weighted by Gasteiger charge is -2.19. The van der Waals surface area contributed by atoms with Crippen molar-refractivity contribution in [1.29, 1.82) is 5.26 Å². The summed E-state index contributed by atoms with van der Waals surface area (Å²) in [6.45, 7) is 4.10. The molecule has 0 spiro atoms. The number of nitrogens with one attached hydrogen (secondary N) is 1. The first-order chi connectivity index (χ1) is 10.2. The maximum absolute atomic E-state index is 9.36. The van der Waals surface area contributed by atoms with Crippen molar-refractivity contribution in [2.75, 3.05) is 5.32 Å². The number of thiazole rings is 1. The van der Waals surface area contributed by atoms with Gasteiger partial charge in [0.15, 0.2) is 0 Å². The SMILES string of the molecule is Cc1cnc(C(C)Nc2nc3c(cc2C#N)CCCC3)s1. The molecule has 1 unspecified atom stereocenters. The summed E-state index contributed by atoms with van der Waals surface area (Å²) < 4.78 is 0. The van der Waals surface area contributed by atoms with Crippen LogP contribution in [0.25, 0.3) is 0 Å². The topological polar surface area (TPSA) is 61.6 Å². The largest absolute Gasteiger partial charge is 0.360 e. The quantitative estimate of drug-likeness (QED) is 0.937. The first-order valence-corrected chi connectivity index (χ1v) is 8.11. The van der Waals surface area contributed by atoms with Gasteiger partial charge < -0.3 is 5.32 Å². The summed E-state index contributed by atoms with van der Waals surface area (Å²) in [5.41, 5.74) is 3.02. The first-order valence-electron chi connectivity index (χ1n) is 7.29. The van der Waals surface area contributed by atoms with E-state index in [0.717, 1.165) is 23.5 Å². The van der Waals surface area contributed by atoms with Crippen LogP contribution in [0.5, 0.6) is 0 Å². The highest BCUT2D eigenvalue weighted by molar-refractivity contribution is 7.11. The van der Waals surface area contributed by atoms with Crippen molar-refractivity contribution in [3.63, 3.8) is 0 Å². The highest BCUT2D eigenvalue weighted by Crippen LogP contribution is 2.28. The van der Waals surface area contributed by atoms with E-state index in [9.17, 15) is 5.26 Å². The minimum absolute atomic E-state index is 0.0601. The van der Waals surface area contributed by atoms with Gasteiger partial charge in [-0.05, 0) is 51.2 Å². The zero-order valence-corrected chi connectivity index (χ0v) is 13.1. The molecule has 2 heterocycles. The van der Waals surface area contributed by atoms with Crippen LogP contribution in [-0.4, -0.2) is 9.97 Å². The number of pyridine rings is 1. The fourth-order valence-electron chi connectivity index (χ4n) is 2.67. The molecule has 4 nitrogen and oxygen atoms in total. The Kier molecular flexibility index (Phi) is 3.89. The van der Waals surface area contributed by atoms with Gasteiger partial charge in [0.25, 0.3) is 0 Å². The Morgan fingerprint density at radius 3 is 2.90 bits per heavy atom. The summed E-state index contributed by atoms with van der Waals surface area (Å²) in [5.74, 6) is 0.693. The third-order valence-electron chi connectivity index (χ3n) is 3.78. The molecule has 0 fully saturated rings. The van der Waals surface area contributed by atoms with E-state index < -0.39 is 0 Å². The van der Waals surface area contributed by atoms with E-state index in [1.807, 2.05) is 19.2 Å². The minimum Gasteiger partial charge on any atom is -0.360 e. The highest BCUT2D eigenvalue weighted by Gasteiger charge is 2.17. The van der Waals surface area contributed by atoms with E-state index in [1.54, 1.807) is 11.3 Å². The molecule has 0 aliphatic heterocycles. The Labute approximate surface area is 128 Å². The molecule has 1 aliphatic carbocycles. The summed E-state index contributed by atoms with van der Waals surface area (Å²) in [6, 6.07) is 4.33. The zero-order chi connectivity index (χ0) is 14.8. The lowest BCUT2D eigenvalue weighted by molar-refractivity contribution is 0.667. The molecule has 2 aromatic rings. The average molecular weight is 298 g/mol. The van der Waals surface area contributed by atoms with Crippen LogP contribution in [0.3, 0.4) is 0 Å². The Balaban J connectivity index is 1.89. The summed E-state index contributed by atoms with van der Waals surface area (Å²) in [7, 11) is 0. The molecule has 0 saturated carbocycles. The number of hydrogen-bond acceptors (Lipinski definition) is 5. The molecule has 0 bridgehead atoms. The van der Waals surface area contributed by atoms with Gasteiger partial charge in [0.1, 0.15) is 16.9 Å². The molecule has 108 valence electrons. The Bertz CT molecular complexity index is 699. The van der Waals surface area contributed by atoms with Gasteiger partial charge in [-0.25, -0.2) is 9.97 Å². The van der Waals surface area contributed by atoms with Crippen LogP contribution in [0.15, 0.2) is 12.3 Å². The fraction of sp³-hybridized carbons (Fsp3) is 0.438. The zero-order valence-electron chi connectivity index (χ0n) is 12.3. The van der Waals surface area contributed by atoms with E-state index in [-0.39, 0.29) is 6.04 Å². The number of hydrogen-bond donors (Lipinski definition) is 1. The van der Waals surface area contributed by atoms with Crippen LogP contribution in [0.1, 0.15) is 52.5 Å². The van der Waals surface area contributed by atoms with Crippen LogP contribution < -0.4 is 5.32 Å². The first kappa shape index (κ1) is 14.0. The molecule has 21 heavy (non-hydrogen) atoms. The number of fused-ring (bicyclic) bond motifs is 1. The normalized spacial score (nSPS) is 15.1. The van der Waals surface area contributed by atoms with Crippen LogP contribution in [0.4, 0.5) is 5.82 Å². The third kappa shape index (κ3) is 2.91. The summed E-state index contributed by atoms with van der Waals surface area (Å²) in [6.07, 6.45) is 6.32. The summed E-state index contributed by atoms with van der Waals surface area (Å²) >= 11 is 1.67. The molecule has 0 saturated heterocycles. The lowest BCUT2D eigenvalue weighted by Crippen LogP contribution is -2.13. The molecule has 5 heteroatoms. The van der Waals surface area contributed by atoms with Gasteiger partial charge >= 0.3 is 0 Å². The molecule has 3 rings (SSSR count). The molecule has 0 aromatic carbocycles. The molecule has 1 N–H and O–H groups in total. The number of aromatic nitrogens is 2. The average Bonchev–Trinajstić information content (AvgIpc) is 2.93. The van der Waals surface area contributed by atoms with E-state index in [4.69, 9.17) is 4.98 Å². The second-order valence-corrected chi connectivity index (χ2v) is 6.75. The maximum atomic E-state index is 9.36. The standard InChI is InChI=1S/C16H18N4S/c1-10-9-18-16(21-10)11(2)19-15-13(8-17)7-12-5-3-4-6-14(12)20-15/h7,9,11H,3-6H2,1-2H3,(H,19,20). The van der Waals surface area contributed by atoms with Crippen molar-refractivity contribution in [3.8, 4) is 6.07 Å². The van der Waals surface area contributed by atoms with E-state index >= 15 is 0 Å². The summed E-state index contributed by atoms with van der Waals surface area (Å²) in [5, 5.41) is 13.7. The Hall–Kier alpha value is -1.93. The van der Waals surface area contributed by atoms with Crippen molar-refractivity contribution in [3.05, 3.63) is 39.0 Å². The van der Waals surface area contributed by atoms with Crippen molar-refractivity contribution in [1.82, 2.24) is 9.97 Å². The van der Waals surface area contributed by atoms with Gasteiger partial charge in [0, 0.05) is 16.8 Å². The van der Waals surface area contributed by atoms with Gasteiger partial charge in [-0.1, -0.05) is 0 Å². The van der Waals surface area contributed by atoms with Crippen molar-refractivity contribution >= 4 is 17.2 Å². The van der Waals surface area contributed by atoms with Gasteiger partial charge in [-0.15, -0.1) is 11.3 Å². The summed E-state index contributed by atoms with van der Waals surface area (Å²) in [4.78, 5) is 10.3. The van der Waals surface area contributed by atoms with E-state index in [0.29, 0.717) is 11.4 Å². The smallest absolute Gasteiger partial charge is 0.144 e. The number of rotatable bonds is 3.